The molecule has 1 unspecified atom stereocenters. The minimum absolute atomic E-state index is 0.0851. The summed E-state index contributed by atoms with van der Waals surface area (Å²) in [5.41, 5.74) is 0.0828. The summed E-state index contributed by atoms with van der Waals surface area (Å²) in [7, 11) is 0. The maximum absolute atomic E-state index is 11.9. The van der Waals surface area contributed by atoms with Crippen molar-refractivity contribution in [2.24, 2.45) is 5.92 Å². The molecule has 1 aromatic carbocycles. The second-order valence-corrected chi connectivity index (χ2v) is 4.63. The third kappa shape index (κ3) is 3.03. The summed E-state index contributed by atoms with van der Waals surface area (Å²) in [6.45, 7) is 0.265. The van der Waals surface area contributed by atoms with Gasteiger partial charge in [-0.25, -0.2) is 4.79 Å². The van der Waals surface area contributed by atoms with Gasteiger partial charge in [0.05, 0.1) is 17.2 Å². The fourth-order valence-corrected chi connectivity index (χ4v) is 2.00. The first kappa shape index (κ1) is 13.4. The quantitative estimate of drug-likeness (QED) is 0.774. The minimum Gasteiger partial charge on any atom is -0.478 e. The molecule has 6 nitrogen and oxygen atoms in total. The molecule has 1 aliphatic heterocycles. The number of halogens is 1. The van der Waals surface area contributed by atoms with Crippen LogP contribution in [-0.4, -0.2) is 29.4 Å². The molecule has 19 heavy (non-hydrogen) atoms. The maximum Gasteiger partial charge on any atom is 0.337 e. The van der Waals surface area contributed by atoms with Crippen LogP contribution in [0, 0.1) is 5.92 Å². The van der Waals surface area contributed by atoms with E-state index in [-0.39, 0.29) is 41.1 Å². The molecule has 0 saturated carbocycles. The van der Waals surface area contributed by atoms with Gasteiger partial charge >= 0.3 is 5.97 Å². The van der Waals surface area contributed by atoms with Gasteiger partial charge in [0, 0.05) is 18.0 Å². The number of nitrogens with one attached hydrogen (secondary N) is 2. The van der Waals surface area contributed by atoms with E-state index in [1.807, 2.05) is 0 Å². The van der Waals surface area contributed by atoms with Crippen LogP contribution in [-0.2, 0) is 9.59 Å². The van der Waals surface area contributed by atoms with Gasteiger partial charge in [0.1, 0.15) is 0 Å². The van der Waals surface area contributed by atoms with Crippen molar-refractivity contribution in [2.75, 3.05) is 11.9 Å². The Morgan fingerprint density at radius 2 is 2.16 bits per heavy atom. The molecule has 1 heterocycles. The van der Waals surface area contributed by atoms with E-state index >= 15 is 0 Å². The number of benzene rings is 1. The SMILES string of the molecule is O=C1CC(C(=O)Nc2ccc(Cl)cc2C(=O)O)CN1. The van der Waals surface area contributed by atoms with Crippen LogP contribution < -0.4 is 10.6 Å². The Hall–Kier alpha value is -2.08. The molecular weight excluding hydrogens is 272 g/mol. The van der Waals surface area contributed by atoms with Gasteiger partial charge in [-0.3, -0.25) is 9.59 Å². The summed E-state index contributed by atoms with van der Waals surface area (Å²) >= 11 is 5.71. The second kappa shape index (κ2) is 5.27. The number of amides is 2. The van der Waals surface area contributed by atoms with Crippen LogP contribution >= 0.6 is 11.6 Å². The largest absolute Gasteiger partial charge is 0.478 e. The van der Waals surface area contributed by atoms with Crippen LogP contribution in [0.3, 0.4) is 0 Å². The summed E-state index contributed by atoms with van der Waals surface area (Å²) in [5.74, 6) is -2.24. The number of carbonyl (C=O) groups is 3. The third-order valence-electron chi connectivity index (χ3n) is 2.82. The lowest BCUT2D eigenvalue weighted by Crippen LogP contribution is -2.25. The van der Waals surface area contributed by atoms with Crippen LogP contribution in [0.1, 0.15) is 16.8 Å². The highest BCUT2D eigenvalue weighted by molar-refractivity contribution is 6.31. The number of anilines is 1. The molecule has 0 radical (unpaired) electrons. The zero-order valence-corrected chi connectivity index (χ0v) is 10.5. The third-order valence-corrected chi connectivity index (χ3v) is 3.05. The van der Waals surface area contributed by atoms with Crippen molar-refractivity contribution in [2.45, 2.75) is 6.42 Å². The Bertz CT molecular complexity index is 559. The van der Waals surface area contributed by atoms with Crippen molar-refractivity contribution in [1.82, 2.24) is 5.32 Å². The van der Waals surface area contributed by atoms with Gasteiger partial charge < -0.3 is 15.7 Å². The Morgan fingerprint density at radius 3 is 2.74 bits per heavy atom. The van der Waals surface area contributed by atoms with E-state index in [2.05, 4.69) is 10.6 Å². The van der Waals surface area contributed by atoms with Gasteiger partial charge in [0.15, 0.2) is 0 Å². The Balaban J connectivity index is 2.17. The first-order valence-corrected chi connectivity index (χ1v) is 5.95. The lowest BCUT2D eigenvalue weighted by Gasteiger charge is -2.11. The highest BCUT2D eigenvalue weighted by Gasteiger charge is 2.28. The van der Waals surface area contributed by atoms with E-state index in [0.29, 0.717) is 0 Å². The van der Waals surface area contributed by atoms with E-state index in [4.69, 9.17) is 16.7 Å². The van der Waals surface area contributed by atoms with Crippen molar-refractivity contribution in [3.05, 3.63) is 28.8 Å². The van der Waals surface area contributed by atoms with Gasteiger partial charge in [-0.05, 0) is 18.2 Å². The first-order chi connectivity index (χ1) is 8.97. The average molecular weight is 283 g/mol. The normalized spacial score (nSPS) is 17.9. The predicted octanol–water partition coefficient (Wildman–Crippen LogP) is 1.11. The molecule has 100 valence electrons. The molecule has 7 heteroatoms. The number of carbonyl (C=O) groups excluding carboxylic acids is 2. The van der Waals surface area contributed by atoms with Gasteiger partial charge in [0.2, 0.25) is 11.8 Å². The Kier molecular flexibility index (Phi) is 3.71. The van der Waals surface area contributed by atoms with Crippen molar-refractivity contribution < 1.29 is 19.5 Å². The summed E-state index contributed by atoms with van der Waals surface area (Å²) in [5, 5.41) is 14.4. The van der Waals surface area contributed by atoms with Crippen molar-refractivity contribution in [1.29, 1.82) is 0 Å². The number of hydrogen-bond acceptors (Lipinski definition) is 3. The zero-order chi connectivity index (χ0) is 14.0. The number of rotatable bonds is 3. The van der Waals surface area contributed by atoms with Crippen molar-refractivity contribution in [3.8, 4) is 0 Å². The second-order valence-electron chi connectivity index (χ2n) is 4.19. The molecule has 1 fully saturated rings. The highest BCUT2D eigenvalue weighted by atomic mass is 35.5. The molecule has 3 N–H and O–H groups in total. The van der Waals surface area contributed by atoms with Crippen molar-refractivity contribution >= 4 is 35.1 Å². The van der Waals surface area contributed by atoms with E-state index in [1.165, 1.54) is 18.2 Å². The molecule has 2 amide bonds. The fourth-order valence-electron chi connectivity index (χ4n) is 1.83. The van der Waals surface area contributed by atoms with E-state index in [1.54, 1.807) is 0 Å². The molecule has 1 aromatic rings. The van der Waals surface area contributed by atoms with Crippen LogP contribution in [0.5, 0.6) is 0 Å². The number of carboxylic acids is 1. The monoisotopic (exact) mass is 282 g/mol. The number of aromatic carboxylic acids is 1. The standard InChI is InChI=1S/C12H11ClN2O4/c13-7-1-2-9(8(4-7)12(18)19)15-11(17)6-3-10(16)14-5-6/h1-2,4,6H,3,5H2,(H,14,16)(H,15,17)(H,18,19). The van der Waals surface area contributed by atoms with Gasteiger partial charge in [0.25, 0.3) is 0 Å². The summed E-state index contributed by atoms with van der Waals surface area (Å²) in [6, 6.07) is 4.17. The molecule has 0 aromatic heterocycles. The average Bonchev–Trinajstić information content (AvgIpc) is 2.78. The summed E-state index contributed by atoms with van der Waals surface area (Å²) in [6.07, 6.45) is 0.113. The van der Waals surface area contributed by atoms with Crippen LogP contribution in [0.2, 0.25) is 5.02 Å². The fraction of sp³-hybridized carbons (Fsp3) is 0.250. The smallest absolute Gasteiger partial charge is 0.337 e. The number of carboxylic acid groups (broad SMARTS) is 1. The Labute approximate surface area is 113 Å². The first-order valence-electron chi connectivity index (χ1n) is 5.58. The molecule has 1 saturated heterocycles. The molecule has 0 bridgehead atoms. The molecule has 0 aliphatic carbocycles. The van der Waals surface area contributed by atoms with Crippen LogP contribution in [0.25, 0.3) is 0 Å². The number of hydrogen-bond donors (Lipinski definition) is 3. The minimum atomic E-state index is -1.18. The zero-order valence-electron chi connectivity index (χ0n) is 9.77. The lowest BCUT2D eigenvalue weighted by molar-refractivity contribution is -0.123. The van der Waals surface area contributed by atoms with E-state index in [9.17, 15) is 14.4 Å². The van der Waals surface area contributed by atoms with Crippen molar-refractivity contribution in [3.63, 3.8) is 0 Å². The molecule has 1 aliphatic rings. The van der Waals surface area contributed by atoms with Gasteiger partial charge in [-0.2, -0.15) is 0 Å². The molecule has 1 atom stereocenters. The van der Waals surface area contributed by atoms with Gasteiger partial charge in [-0.15, -0.1) is 0 Å². The van der Waals surface area contributed by atoms with Gasteiger partial charge in [-0.1, -0.05) is 11.6 Å². The van der Waals surface area contributed by atoms with E-state index < -0.39 is 11.9 Å². The van der Waals surface area contributed by atoms with Crippen LogP contribution in [0.15, 0.2) is 18.2 Å². The highest BCUT2D eigenvalue weighted by Crippen LogP contribution is 2.22. The van der Waals surface area contributed by atoms with E-state index in [0.717, 1.165) is 0 Å². The topological polar surface area (TPSA) is 95.5 Å². The molecular formula is C12H11ClN2O4. The molecule has 0 spiro atoms. The maximum atomic E-state index is 11.9. The Morgan fingerprint density at radius 1 is 1.42 bits per heavy atom. The summed E-state index contributed by atoms with van der Waals surface area (Å²) < 4.78 is 0. The lowest BCUT2D eigenvalue weighted by atomic mass is 10.1. The summed E-state index contributed by atoms with van der Waals surface area (Å²) in [4.78, 5) is 34.0. The molecule has 2 rings (SSSR count). The van der Waals surface area contributed by atoms with Crippen LogP contribution in [0.4, 0.5) is 5.69 Å². The predicted molar refractivity (Wildman–Crippen MR) is 68.2 cm³/mol.